The van der Waals surface area contributed by atoms with Gasteiger partial charge >= 0.3 is 5.97 Å². The third kappa shape index (κ3) is 4.83. The lowest BCUT2D eigenvalue weighted by Gasteiger charge is -2.10. The molecule has 0 spiro atoms. The van der Waals surface area contributed by atoms with Crippen molar-refractivity contribution >= 4 is 17.3 Å². The van der Waals surface area contributed by atoms with Crippen LogP contribution >= 0.6 is 11.3 Å². The van der Waals surface area contributed by atoms with Gasteiger partial charge in [-0.1, -0.05) is 18.2 Å². The highest BCUT2D eigenvalue weighted by atomic mass is 32.1. The monoisotopic (exact) mass is 369 g/mol. The number of carbonyl (C=O) groups is 1. The molecule has 0 saturated heterocycles. The van der Waals surface area contributed by atoms with Crippen LogP contribution < -0.4 is 9.47 Å². The number of hydrogen-bond donors (Lipinski definition) is 1. The van der Waals surface area contributed by atoms with Gasteiger partial charge in [0.2, 0.25) is 0 Å². The van der Waals surface area contributed by atoms with E-state index in [0.29, 0.717) is 18.9 Å². The van der Waals surface area contributed by atoms with Gasteiger partial charge in [-0.2, -0.15) is 0 Å². The van der Waals surface area contributed by atoms with Gasteiger partial charge in [0, 0.05) is 10.9 Å². The maximum absolute atomic E-state index is 10.7. The van der Waals surface area contributed by atoms with Gasteiger partial charge in [-0.25, -0.2) is 4.98 Å². The van der Waals surface area contributed by atoms with Crippen LogP contribution in [0, 0.1) is 6.92 Å². The number of benzene rings is 2. The fourth-order valence-electron chi connectivity index (χ4n) is 2.40. The second-order valence-corrected chi connectivity index (χ2v) is 6.56. The second-order valence-electron chi connectivity index (χ2n) is 5.70. The second kappa shape index (κ2) is 8.49. The van der Waals surface area contributed by atoms with Crippen molar-refractivity contribution in [2.75, 3.05) is 13.2 Å². The zero-order chi connectivity index (χ0) is 18.4. The summed E-state index contributed by atoms with van der Waals surface area (Å²) in [5, 5.41) is 11.4. The summed E-state index contributed by atoms with van der Waals surface area (Å²) in [5.74, 6) is 0.746. The molecule has 1 aromatic heterocycles. The average molecular weight is 369 g/mol. The minimum Gasteiger partial charge on any atom is -0.490 e. The van der Waals surface area contributed by atoms with Crippen LogP contribution in [-0.2, 0) is 11.2 Å². The van der Waals surface area contributed by atoms with Gasteiger partial charge in [0.15, 0.2) is 0 Å². The molecule has 134 valence electrons. The lowest BCUT2D eigenvalue weighted by molar-refractivity contribution is -0.136. The fourth-order valence-corrected chi connectivity index (χ4v) is 3.22. The fraction of sp³-hybridized carbons (Fsp3) is 0.200. The molecule has 0 atom stereocenters. The highest BCUT2D eigenvalue weighted by molar-refractivity contribution is 7.13. The van der Waals surface area contributed by atoms with Crippen LogP contribution in [0.15, 0.2) is 53.9 Å². The molecule has 0 aliphatic heterocycles. The van der Waals surface area contributed by atoms with Crippen molar-refractivity contribution in [3.05, 3.63) is 65.2 Å². The summed E-state index contributed by atoms with van der Waals surface area (Å²) in [6, 6.07) is 15.5. The zero-order valence-corrected chi connectivity index (χ0v) is 15.2. The van der Waals surface area contributed by atoms with E-state index in [4.69, 9.17) is 14.6 Å². The number of rotatable bonds is 8. The highest BCUT2D eigenvalue weighted by Crippen LogP contribution is 2.26. The Morgan fingerprint density at radius 2 is 1.81 bits per heavy atom. The van der Waals surface area contributed by atoms with Gasteiger partial charge in [-0.3, -0.25) is 4.79 Å². The van der Waals surface area contributed by atoms with Crippen LogP contribution in [0.25, 0.3) is 10.6 Å². The molecule has 0 amide bonds. The third-order valence-electron chi connectivity index (χ3n) is 3.69. The Hall–Kier alpha value is -2.86. The van der Waals surface area contributed by atoms with Crippen molar-refractivity contribution in [2.24, 2.45) is 0 Å². The van der Waals surface area contributed by atoms with Crippen molar-refractivity contribution in [3.8, 4) is 22.1 Å². The van der Waals surface area contributed by atoms with E-state index in [2.05, 4.69) is 4.98 Å². The Kier molecular flexibility index (Phi) is 5.86. The summed E-state index contributed by atoms with van der Waals surface area (Å²) < 4.78 is 11.4. The summed E-state index contributed by atoms with van der Waals surface area (Å²) in [6.45, 7) is 2.93. The van der Waals surface area contributed by atoms with Crippen molar-refractivity contribution in [1.82, 2.24) is 4.98 Å². The maximum atomic E-state index is 10.7. The van der Waals surface area contributed by atoms with E-state index in [1.54, 1.807) is 5.38 Å². The lowest BCUT2D eigenvalue weighted by Crippen LogP contribution is -2.09. The predicted molar refractivity (Wildman–Crippen MR) is 101 cm³/mol. The zero-order valence-electron chi connectivity index (χ0n) is 14.3. The number of carboxylic acids is 1. The molecule has 5 nitrogen and oxygen atoms in total. The first kappa shape index (κ1) is 17.9. The number of para-hydroxylation sites is 1. The first-order valence-corrected chi connectivity index (χ1v) is 9.07. The van der Waals surface area contributed by atoms with E-state index in [9.17, 15) is 4.79 Å². The van der Waals surface area contributed by atoms with Crippen LogP contribution in [0.1, 0.15) is 11.3 Å². The predicted octanol–water partition coefficient (Wildman–Crippen LogP) is 4.20. The topological polar surface area (TPSA) is 68.7 Å². The van der Waals surface area contributed by atoms with Gasteiger partial charge in [0.1, 0.15) is 29.7 Å². The molecular formula is C20H19NO4S. The minimum absolute atomic E-state index is 0.0570. The number of ether oxygens (including phenoxy) is 2. The number of aryl methyl sites for hydroxylation is 1. The SMILES string of the molecule is Cc1ccccc1OCCOc1ccc(-c2nc(CC(=O)O)cs2)cc1. The first-order chi connectivity index (χ1) is 12.6. The van der Waals surface area contributed by atoms with Gasteiger partial charge in [-0.15, -0.1) is 11.3 Å². The Balaban J connectivity index is 1.51. The average Bonchev–Trinajstić information content (AvgIpc) is 3.08. The molecule has 0 aliphatic carbocycles. The van der Waals surface area contributed by atoms with Gasteiger partial charge in [0.25, 0.3) is 0 Å². The van der Waals surface area contributed by atoms with Crippen LogP contribution in [0.4, 0.5) is 0 Å². The number of hydrogen-bond acceptors (Lipinski definition) is 5. The number of thiazole rings is 1. The van der Waals surface area contributed by atoms with E-state index in [0.717, 1.165) is 27.6 Å². The van der Waals surface area contributed by atoms with E-state index < -0.39 is 5.97 Å². The summed E-state index contributed by atoms with van der Waals surface area (Å²) in [7, 11) is 0. The molecule has 0 aliphatic rings. The molecule has 0 bridgehead atoms. The lowest BCUT2D eigenvalue weighted by atomic mass is 10.2. The normalized spacial score (nSPS) is 10.5. The Bertz CT molecular complexity index is 874. The number of nitrogens with zero attached hydrogens (tertiary/aromatic N) is 1. The molecule has 0 fully saturated rings. The Labute approximate surface area is 155 Å². The third-order valence-corrected chi connectivity index (χ3v) is 4.63. The minimum atomic E-state index is -0.876. The van der Waals surface area contributed by atoms with Gasteiger partial charge in [-0.05, 0) is 42.8 Å². The van der Waals surface area contributed by atoms with Gasteiger partial charge < -0.3 is 14.6 Å². The van der Waals surface area contributed by atoms with Gasteiger partial charge in [0.05, 0.1) is 12.1 Å². The summed E-state index contributed by atoms with van der Waals surface area (Å²) in [6.07, 6.45) is -0.0570. The van der Waals surface area contributed by atoms with Crippen molar-refractivity contribution in [2.45, 2.75) is 13.3 Å². The molecular weight excluding hydrogens is 350 g/mol. The number of aliphatic carboxylic acids is 1. The van der Waals surface area contributed by atoms with Crippen molar-refractivity contribution in [3.63, 3.8) is 0 Å². The molecule has 1 N–H and O–H groups in total. The van der Waals surface area contributed by atoms with Crippen LogP contribution in [0.3, 0.4) is 0 Å². The quantitative estimate of drug-likeness (QED) is 0.603. The number of aromatic nitrogens is 1. The maximum Gasteiger partial charge on any atom is 0.309 e. The van der Waals surface area contributed by atoms with E-state index in [1.165, 1.54) is 11.3 Å². The smallest absolute Gasteiger partial charge is 0.309 e. The number of carboxylic acid groups (broad SMARTS) is 1. The molecule has 2 aromatic carbocycles. The molecule has 3 aromatic rings. The van der Waals surface area contributed by atoms with E-state index in [1.807, 2.05) is 55.5 Å². The first-order valence-electron chi connectivity index (χ1n) is 8.19. The summed E-state index contributed by atoms with van der Waals surface area (Å²) in [5.41, 5.74) is 2.61. The molecule has 1 heterocycles. The van der Waals surface area contributed by atoms with Crippen molar-refractivity contribution in [1.29, 1.82) is 0 Å². The van der Waals surface area contributed by atoms with Crippen LogP contribution in [-0.4, -0.2) is 29.3 Å². The summed E-state index contributed by atoms with van der Waals surface area (Å²) in [4.78, 5) is 15.1. The van der Waals surface area contributed by atoms with E-state index >= 15 is 0 Å². The van der Waals surface area contributed by atoms with Crippen LogP contribution in [0.2, 0.25) is 0 Å². The molecule has 0 radical (unpaired) electrons. The molecule has 26 heavy (non-hydrogen) atoms. The van der Waals surface area contributed by atoms with E-state index in [-0.39, 0.29) is 6.42 Å². The van der Waals surface area contributed by atoms with Crippen LogP contribution in [0.5, 0.6) is 11.5 Å². The summed E-state index contributed by atoms with van der Waals surface area (Å²) >= 11 is 1.44. The highest BCUT2D eigenvalue weighted by Gasteiger charge is 2.08. The standard InChI is InChI=1S/C20H19NO4S/c1-14-4-2-3-5-18(14)25-11-10-24-17-8-6-15(7-9-17)20-21-16(13-26-20)12-19(22)23/h2-9,13H,10-12H2,1H3,(H,22,23). The molecule has 0 saturated carbocycles. The van der Waals surface area contributed by atoms with Crippen molar-refractivity contribution < 1.29 is 19.4 Å². The Morgan fingerprint density at radius 3 is 2.54 bits per heavy atom. The molecule has 6 heteroatoms. The molecule has 3 rings (SSSR count). The largest absolute Gasteiger partial charge is 0.490 e. The Morgan fingerprint density at radius 1 is 1.08 bits per heavy atom. The molecule has 0 unspecified atom stereocenters.